The van der Waals surface area contributed by atoms with E-state index in [1.165, 1.54) is 31.4 Å². The second kappa shape index (κ2) is 7.74. The van der Waals surface area contributed by atoms with Crippen molar-refractivity contribution in [3.05, 3.63) is 78.4 Å². The van der Waals surface area contributed by atoms with Crippen LogP contribution in [0.2, 0.25) is 0 Å². The van der Waals surface area contributed by atoms with Gasteiger partial charge in [-0.05, 0) is 30.3 Å². The number of hydrogen-bond acceptors (Lipinski definition) is 9. The van der Waals surface area contributed by atoms with Gasteiger partial charge in [-0.2, -0.15) is 0 Å². The highest BCUT2D eigenvalue weighted by atomic mass is 16.6. The van der Waals surface area contributed by atoms with E-state index in [4.69, 9.17) is 4.74 Å². The number of benzene rings is 2. The van der Waals surface area contributed by atoms with Crippen molar-refractivity contribution >= 4 is 17.1 Å². The quantitative estimate of drug-likeness (QED) is 0.413. The molecule has 134 valence electrons. The first kappa shape index (κ1) is 18.4. The fourth-order valence-corrected chi connectivity index (χ4v) is 1.98. The van der Waals surface area contributed by atoms with Crippen LogP contribution in [-0.4, -0.2) is 21.9 Å². The molecular formula is C14H11N5O7. The zero-order valence-corrected chi connectivity index (χ0v) is 13.2. The Morgan fingerprint density at radius 1 is 0.962 bits per heavy atom. The van der Waals surface area contributed by atoms with Gasteiger partial charge in [0.05, 0.1) is 33.5 Å². The molecule has 26 heavy (non-hydrogen) atoms. The number of methoxy groups -OCH3 is 1. The smallest absolute Gasteiger partial charge is 0.346 e. The van der Waals surface area contributed by atoms with Crippen LogP contribution in [-0.2, 0) is 0 Å². The van der Waals surface area contributed by atoms with Gasteiger partial charge in [-0.3, -0.25) is 30.3 Å². The molecule has 0 saturated carbocycles. The SMILES string of the molecule is COc1ccc(C(N=Nc2ccc([N+](=O)[O-])cc2[N+](=O)[O-])[N+](=O)[O-])cc1. The molecule has 12 nitrogen and oxygen atoms in total. The van der Waals surface area contributed by atoms with Crippen LogP contribution in [0.15, 0.2) is 52.7 Å². The van der Waals surface area contributed by atoms with Crippen molar-refractivity contribution in [3.63, 3.8) is 0 Å². The second-order valence-corrected chi connectivity index (χ2v) is 4.83. The van der Waals surface area contributed by atoms with Gasteiger partial charge in [0.25, 0.3) is 5.69 Å². The minimum atomic E-state index is -1.60. The number of nitro groups is 3. The molecule has 0 aliphatic heterocycles. The predicted molar refractivity (Wildman–Crippen MR) is 87.0 cm³/mol. The molecule has 0 saturated heterocycles. The van der Waals surface area contributed by atoms with Gasteiger partial charge in [-0.25, -0.2) is 0 Å². The van der Waals surface area contributed by atoms with Crippen molar-refractivity contribution in [2.45, 2.75) is 6.17 Å². The number of non-ortho nitro benzene ring substituents is 1. The third-order valence-corrected chi connectivity index (χ3v) is 3.25. The Labute approximate surface area is 145 Å². The van der Waals surface area contributed by atoms with Crippen molar-refractivity contribution in [1.82, 2.24) is 0 Å². The van der Waals surface area contributed by atoms with Crippen LogP contribution in [0, 0.1) is 30.3 Å². The lowest BCUT2D eigenvalue weighted by Crippen LogP contribution is -2.07. The molecule has 0 aliphatic carbocycles. The average molecular weight is 361 g/mol. The molecular weight excluding hydrogens is 350 g/mol. The van der Waals surface area contributed by atoms with Crippen molar-refractivity contribution < 1.29 is 19.5 Å². The highest BCUT2D eigenvalue weighted by Crippen LogP contribution is 2.33. The van der Waals surface area contributed by atoms with Crippen molar-refractivity contribution in [1.29, 1.82) is 0 Å². The van der Waals surface area contributed by atoms with E-state index >= 15 is 0 Å². The number of azo groups is 1. The van der Waals surface area contributed by atoms with Crippen LogP contribution < -0.4 is 4.74 Å². The molecule has 0 heterocycles. The molecule has 2 aromatic rings. The van der Waals surface area contributed by atoms with Crippen LogP contribution >= 0.6 is 0 Å². The Kier molecular flexibility index (Phi) is 5.47. The van der Waals surface area contributed by atoms with Crippen molar-refractivity contribution in [2.75, 3.05) is 7.11 Å². The monoisotopic (exact) mass is 361 g/mol. The number of rotatable bonds is 7. The van der Waals surface area contributed by atoms with E-state index in [1.807, 2.05) is 0 Å². The predicted octanol–water partition coefficient (Wildman–Crippen LogP) is 3.57. The van der Waals surface area contributed by atoms with E-state index < -0.39 is 32.3 Å². The summed E-state index contributed by atoms with van der Waals surface area (Å²) in [6.45, 7) is 0. The zero-order valence-electron chi connectivity index (χ0n) is 13.2. The van der Waals surface area contributed by atoms with Crippen LogP contribution in [0.1, 0.15) is 11.7 Å². The summed E-state index contributed by atoms with van der Waals surface area (Å²) in [4.78, 5) is 30.6. The molecule has 1 atom stereocenters. The van der Waals surface area contributed by atoms with Crippen LogP contribution in [0.25, 0.3) is 0 Å². The standard InChI is InChI=1S/C14H11N5O7/c1-26-11-5-2-9(3-6-11)14(19(24)25)16-15-12-7-4-10(17(20)21)8-13(12)18(22)23/h2-8,14H,1H3. The molecule has 1 unspecified atom stereocenters. The Balaban J connectivity index is 2.39. The molecule has 0 radical (unpaired) electrons. The zero-order chi connectivity index (χ0) is 19.3. The number of hydrogen-bond donors (Lipinski definition) is 0. The minimum absolute atomic E-state index is 0.184. The lowest BCUT2D eigenvalue weighted by molar-refractivity contribution is -0.528. The fourth-order valence-electron chi connectivity index (χ4n) is 1.98. The summed E-state index contributed by atoms with van der Waals surface area (Å²) >= 11 is 0. The molecule has 0 aliphatic rings. The summed E-state index contributed by atoms with van der Waals surface area (Å²) in [7, 11) is 1.44. The third kappa shape index (κ3) is 4.11. The van der Waals surface area contributed by atoms with Gasteiger partial charge in [-0.1, -0.05) is 0 Å². The van der Waals surface area contributed by atoms with E-state index in [1.54, 1.807) is 0 Å². The number of nitro benzene ring substituents is 2. The van der Waals surface area contributed by atoms with E-state index in [0.717, 1.165) is 12.1 Å². The van der Waals surface area contributed by atoms with Gasteiger partial charge >= 0.3 is 11.9 Å². The highest BCUT2D eigenvalue weighted by Gasteiger charge is 2.24. The van der Waals surface area contributed by atoms with Gasteiger partial charge in [0, 0.05) is 6.07 Å². The Morgan fingerprint density at radius 3 is 2.12 bits per heavy atom. The maximum absolute atomic E-state index is 11.2. The number of nitrogens with zero attached hydrogens (tertiary/aromatic N) is 5. The molecule has 0 spiro atoms. The van der Waals surface area contributed by atoms with Crippen LogP contribution in [0.3, 0.4) is 0 Å². The maximum atomic E-state index is 11.2. The highest BCUT2D eigenvalue weighted by molar-refractivity contribution is 5.61. The Morgan fingerprint density at radius 2 is 1.62 bits per heavy atom. The normalized spacial score (nSPS) is 11.9. The Bertz CT molecular complexity index is 882. The number of ether oxygens (including phenoxy) is 1. The summed E-state index contributed by atoms with van der Waals surface area (Å²) in [6, 6.07) is 8.53. The largest absolute Gasteiger partial charge is 0.497 e. The van der Waals surface area contributed by atoms with Gasteiger partial charge in [0.2, 0.25) is 0 Å². The average Bonchev–Trinajstić information content (AvgIpc) is 2.62. The van der Waals surface area contributed by atoms with E-state index in [0.29, 0.717) is 11.8 Å². The summed E-state index contributed by atoms with van der Waals surface area (Å²) in [5, 5.41) is 40.1. The van der Waals surface area contributed by atoms with Crippen molar-refractivity contribution in [3.8, 4) is 5.75 Å². The second-order valence-electron chi connectivity index (χ2n) is 4.83. The lowest BCUT2D eigenvalue weighted by Gasteiger charge is -2.05. The summed E-state index contributed by atoms with van der Waals surface area (Å²) < 4.78 is 4.96. The first-order valence-corrected chi connectivity index (χ1v) is 6.94. The van der Waals surface area contributed by atoms with Gasteiger partial charge < -0.3 is 4.74 Å². The van der Waals surface area contributed by atoms with E-state index in [9.17, 15) is 30.3 Å². The molecule has 0 fully saturated rings. The maximum Gasteiger partial charge on any atom is 0.346 e. The molecule has 12 heteroatoms. The molecule has 0 aromatic heterocycles. The summed E-state index contributed by atoms with van der Waals surface area (Å²) in [6.07, 6.45) is -1.60. The lowest BCUT2D eigenvalue weighted by atomic mass is 10.2. The summed E-state index contributed by atoms with van der Waals surface area (Å²) in [5.41, 5.74) is -1.33. The van der Waals surface area contributed by atoms with Gasteiger partial charge in [0.1, 0.15) is 5.75 Å². The van der Waals surface area contributed by atoms with Crippen LogP contribution in [0.5, 0.6) is 5.75 Å². The molecule has 2 aromatic carbocycles. The van der Waals surface area contributed by atoms with Crippen molar-refractivity contribution in [2.24, 2.45) is 10.2 Å². The first-order valence-electron chi connectivity index (χ1n) is 6.94. The third-order valence-electron chi connectivity index (χ3n) is 3.25. The van der Waals surface area contributed by atoms with Gasteiger partial charge in [0.15, 0.2) is 5.69 Å². The van der Waals surface area contributed by atoms with Crippen LogP contribution in [0.4, 0.5) is 17.1 Å². The topological polar surface area (TPSA) is 163 Å². The molecule has 0 bridgehead atoms. The first-order chi connectivity index (χ1) is 12.3. The van der Waals surface area contributed by atoms with E-state index in [2.05, 4.69) is 10.2 Å². The molecule has 2 rings (SSSR count). The molecule has 0 amide bonds. The minimum Gasteiger partial charge on any atom is -0.497 e. The Hall–Kier alpha value is -3.96. The molecule has 0 N–H and O–H groups in total. The van der Waals surface area contributed by atoms with Gasteiger partial charge in [-0.15, -0.1) is 10.2 Å². The fraction of sp³-hybridized carbons (Fsp3) is 0.143. The summed E-state index contributed by atoms with van der Waals surface area (Å²) in [5.74, 6) is 0.485. The van der Waals surface area contributed by atoms with E-state index in [-0.39, 0.29) is 11.3 Å².